The molecule has 0 amide bonds. The second-order valence-electron chi connectivity index (χ2n) is 4.78. The molecule has 4 nitrogen and oxygen atoms in total. The van der Waals surface area contributed by atoms with Crippen LogP contribution in [-0.4, -0.2) is 11.3 Å². The van der Waals surface area contributed by atoms with E-state index in [2.05, 4.69) is 14.5 Å². The third-order valence-corrected chi connectivity index (χ3v) is 3.56. The summed E-state index contributed by atoms with van der Waals surface area (Å²) in [5, 5.41) is 0.362. The van der Waals surface area contributed by atoms with Crippen molar-refractivity contribution >= 4 is 10.9 Å². The fourth-order valence-electron chi connectivity index (χ4n) is 2.74. The Kier molecular flexibility index (Phi) is 1.85. The van der Waals surface area contributed by atoms with Crippen molar-refractivity contribution in [3.8, 4) is 11.5 Å². The van der Waals surface area contributed by atoms with Crippen LogP contribution >= 0.6 is 0 Å². The molecule has 0 atom stereocenters. The molecule has 0 bridgehead atoms. The van der Waals surface area contributed by atoms with Crippen molar-refractivity contribution < 1.29 is 18.3 Å². The van der Waals surface area contributed by atoms with Crippen molar-refractivity contribution in [2.45, 2.75) is 25.6 Å². The number of rotatable bonds is 0. The highest BCUT2D eigenvalue weighted by molar-refractivity contribution is 5.84. The van der Waals surface area contributed by atoms with Gasteiger partial charge in [0.2, 0.25) is 0 Å². The number of aromatic nitrogens is 1. The van der Waals surface area contributed by atoms with Crippen LogP contribution in [-0.2, 0) is 12.8 Å². The van der Waals surface area contributed by atoms with E-state index in [1.54, 1.807) is 0 Å². The van der Waals surface area contributed by atoms with E-state index in [0.717, 1.165) is 30.5 Å². The number of hydrogen-bond acceptors (Lipinski definition) is 3. The van der Waals surface area contributed by atoms with Gasteiger partial charge >= 0.3 is 6.29 Å². The largest absolute Gasteiger partial charge is 0.586 e. The summed E-state index contributed by atoms with van der Waals surface area (Å²) in [6.07, 6.45) is -1.19. The van der Waals surface area contributed by atoms with Crippen LogP contribution in [0.3, 0.4) is 0 Å². The van der Waals surface area contributed by atoms with Gasteiger partial charge in [-0.25, -0.2) is 0 Å². The normalized spacial score (nSPS) is 18.8. The van der Waals surface area contributed by atoms with Crippen LogP contribution in [0.4, 0.5) is 8.78 Å². The zero-order chi connectivity index (χ0) is 13.2. The summed E-state index contributed by atoms with van der Waals surface area (Å²) in [5.41, 5.74) is 2.04. The molecule has 6 heteroatoms. The first-order chi connectivity index (χ1) is 9.03. The Morgan fingerprint density at radius 3 is 2.68 bits per heavy atom. The van der Waals surface area contributed by atoms with E-state index in [1.165, 1.54) is 12.1 Å². The number of ether oxygens (including phenoxy) is 2. The Morgan fingerprint density at radius 2 is 1.89 bits per heavy atom. The minimum atomic E-state index is -3.66. The van der Waals surface area contributed by atoms with Gasteiger partial charge in [-0.1, -0.05) is 0 Å². The fourth-order valence-corrected chi connectivity index (χ4v) is 2.74. The first kappa shape index (κ1) is 10.8. The van der Waals surface area contributed by atoms with Gasteiger partial charge in [0.25, 0.3) is 0 Å². The zero-order valence-electron chi connectivity index (χ0n) is 9.76. The van der Waals surface area contributed by atoms with Crippen LogP contribution in [0.5, 0.6) is 11.5 Å². The first-order valence-corrected chi connectivity index (χ1v) is 6.01. The van der Waals surface area contributed by atoms with Crippen LogP contribution in [0, 0.1) is 0 Å². The van der Waals surface area contributed by atoms with Crippen LogP contribution in [0.15, 0.2) is 16.9 Å². The number of aryl methyl sites for hydroxylation is 1. The minimum Gasteiger partial charge on any atom is -0.395 e. The fraction of sp³-hybridized carbons (Fsp3) is 0.308. The molecule has 1 aliphatic carbocycles. The van der Waals surface area contributed by atoms with Crippen LogP contribution in [0.1, 0.15) is 17.7 Å². The summed E-state index contributed by atoms with van der Waals surface area (Å²) >= 11 is 0. The van der Waals surface area contributed by atoms with E-state index in [4.69, 9.17) is 0 Å². The highest BCUT2D eigenvalue weighted by Gasteiger charge is 2.43. The summed E-state index contributed by atoms with van der Waals surface area (Å²) in [4.78, 5) is 15.4. The summed E-state index contributed by atoms with van der Waals surface area (Å²) in [6.45, 7) is 0. The molecular weight excluding hydrogens is 256 g/mol. The number of fused-ring (bicyclic) bond motifs is 3. The number of alkyl halides is 2. The molecular formula is C13H9F2NO3. The van der Waals surface area contributed by atoms with Gasteiger partial charge in [0.1, 0.15) is 0 Å². The molecule has 1 aromatic heterocycles. The van der Waals surface area contributed by atoms with Crippen LogP contribution < -0.4 is 14.9 Å². The molecule has 0 spiro atoms. The number of nitrogens with one attached hydrogen (secondary N) is 1. The zero-order valence-corrected chi connectivity index (χ0v) is 9.76. The summed E-state index contributed by atoms with van der Waals surface area (Å²) in [5.74, 6) is -0.146. The number of aromatic amines is 1. The van der Waals surface area contributed by atoms with Gasteiger partial charge in [0.15, 0.2) is 16.9 Å². The lowest BCUT2D eigenvalue weighted by molar-refractivity contribution is -0.286. The van der Waals surface area contributed by atoms with E-state index in [1.807, 2.05) is 0 Å². The molecule has 0 fully saturated rings. The minimum absolute atomic E-state index is 0.0499. The van der Waals surface area contributed by atoms with Crippen molar-refractivity contribution in [3.63, 3.8) is 0 Å². The molecule has 1 aromatic carbocycles. The molecule has 19 heavy (non-hydrogen) atoms. The highest BCUT2D eigenvalue weighted by Crippen LogP contribution is 2.42. The Bertz CT molecular complexity index is 767. The van der Waals surface area contributed by atoms with E-state index >= 15 is 0 Å². The van der Waals surface area contributed by atoms with E-state index in [9.17, 15) is 13.6 Å². The van der Waals surface area contributed by atoms with E-state index in [-0.39, 0.29) is 16.9 Å². The van der Waals surface area contributed by atoms with Crippen LogP contribution in [0.25, 0.3) is 10.9 Å². The maximum absolute atomic E-state index is 13.0. The average molecular weight is 265 g/mol. The monoisotopic (exact) mass is 265 g/mol. The molecule has 1 N–H and O–H groups in total. The van der Waals surface area contributed by atoms with Crippen molar-refractivity contribution in [1.29, 1.82) is 0 Å². The third-order valence-electron chi connectivity index (χ3n) is 3.56. The average Bonchev–Trinajstić information content (AvgIpc) is 2.89. The Morgan fingerprint density at radius 1 is 1.16 bits per heavy atom. The predicted octanol–water partition coefficient (Wildman–Crippen LogP) is 2.34. The maximum atomic E-state index is 13.0. The number of H-pyrrole nitrogens is 1. The number of hydrogen-bond donors (Lipinski definition) is 1. The molecule has 98 valence electrons. The van der Waals surface area contributed by atoms with Crippen molar-refractivity contribution in [2.75, 3.05) is 0 Å². The molecule has 2 aliphatic rings. The molecule has 0 saturated carbocycles. The van der Waals surface area contributed by atoms with Crippen molar-refractivity contribution in [1.82, 2.24) is 4.98 Å². The standard InChI is InChI=1S/C13H9F2NO3/c14-13(15)18-10-4-7-9(5-11(10)19-13)16-8-3-1-2-6(8)12(7)17/h4-5H,1-3H2,(H,16,17). The lowest BCUT2D eigenvalue weighted by Crippen LogP contribution is -2.25. The van der Waals surface area contributed by atoms with Gasteiger partial charge in [-0.05, 0) is 25.3 Å². The van der Waals surface area contributed by atoms with Gasteiger partial charge in [-0.15, -0.1) is 8.78 Å². The van der Waals surface area contributed by atoms with Crippen LogP contribution in [0.2, 0.25) is 0 Å². The van der Waals surface area contributed by atoms with Gasteiger partial charge in [-0.3, -0.25) is 4.79 Å². The van der Waals surface area contributed by atoms with Crippen molar-refractivity contribution in [2.24, 2.45) is 0 Å². The quantitative estimate of drug-likeness (QED) is 0.795. The lowest BCUT2D eigenvalue weighted by Gasteiger charge is -2.04. The van der Waals surface area contributed by atoms with E-state index in [0.29, 0.717) is 10.9 Å². The molecule has 2 heterocycles. The Labute approximate surface area is 106 Å². The Hall–Kier alpha value is -2.11. The number of pyridine rings is 1. The summed E-state index contributed by atoms with van der Waals surface area (Å²) < 4.78 is 34.7. The topological polar surface area (TPSA) is 51.3 Å². The molecule has 2 aromatic rings. The second-order valence-corrected chi connectivity index (χ2v) is 4.78. The number of benzene rings is 1. The predicted molar refractivity (Wildman–Crippen MR) is 62.8 cm³/mol. The van der Waals surface area contributed by atoms with Crippen molar-refractivity contribution in [3.05, 3.63) is 33.6 Å². The molecule has 0 radical (unpaired) electrons. The first-order valence-electron chi connectivity index (χ1n) is 6.01. The van der Waals surface area contributed by atoms with Gasteiger partial charge in [0, 0.05) is 22.7 Å². The summed E-state index contributed by atoms with van der Waals surface area (Å²) in [6, 6.07) is 2.72. The number of halogens is 2. The third kappa shape index (κ3) is 1.46. The van der Waals surface area contributed by atoms with E-state index < -0.39 is 6.29 Å². The smallest absolute Gasteiger partial charge is 0.395 e. The van der Waals surface area contributed by atoms with Gasteiger partial charge in [-0.2, -0.15) is 0 Å². The molecule has 1 aliphatic heterocycles. The summed E-state index contributed by atoms with van der Waals surface area (Å²) in [7, 11) is 0. The molecule has 4 rings (SSSR count). The van der Waals surface area contributed by atoms with Gasteiger partial charge < -0.3 is 14.5 Å². The lowest BCUT2D eigenvalue weighted by atomic mass is 10.1. The highest BCUT2D eigenvalue weighted by atomic mass is 19.3. The second kappa shape index (κ2) is 3.26. The SMILES string of the molecule is O=c1c2c([nH]c3cc4c(cc13)OC(F)(F)O4)CCC2. The Balaban J connectivity index is 2.02. The maximum Gasteiger partial charge on any atom is 0.586 e. The molecule has 0 unspecified atom stereocenters. The molecule has 0 saturated heterocycles. The van der Waals surface area contributed by atoms with Gasteiger partial charge in [0.05, 0.1) is 5.52 Å².